The lowest BCUT2D eigenvalue weighted by atomic mass is 9.93. The molecule has 1 amide bonds. The van der Waals surface area contributed by atoms with E-state index in [-0.39, 0.29) is 5.96 Å². The SMILES string of the molecule is Cc1ccc(C2=CCOc3ccc(C(=O)N=C(N)N)cc32)cc1. The summed E-state index contributed by atoms with van der Waals surface area (Å²) in [6, 6.07) is 13.4. The molecule has 0 fully saturated rings. The van der Waals surface area contributed by atoms with Gasteiger partial charge in [0.25, 0.3) is 5.91 Å². The fourth-order valence-electron chi connectivity index (χ4n) is 2.51. The van der Waals surface area contributed by atoms with Crippen LogP contribution in [0.25, 0.3) is 5.57 Å². The third-order valence-electron chi connectivity index (χ3n) is 3.64. The maximum atomic E-state index is 12.0. The summed E-state index contributed by atoms with van der Waals surface area (Å²) in [5.41, 5.74) is 15.1. The molecule has 0 spiro atoms. The molecule has 0 unspecified atom stereocenters. The fourth-order valence-corrected chi connectivity index (χ4v) is 2.51. The van der Waals surface area contributed by atoms with Gasteiger partial charge < -0.3 is 16.2 Å². The molecule has 1 aliphatic heterocycles. The highest BCUT2D eigenvalue weighted by Crippen LogP contribution is 2.35. The standard InChI is InChI=1S/C18H17N3O2/c1-11-2-4-12(5-3-11)14-8-9-23-16-7-6-13(10-15(14)16)17(22)21-18(19)20/h2-8,10H,9H2,1H3,(H4,19,20,21,22). The largest absolute Gasteiger partial charge is 0.489 e. The Bertz CT molecular complexity index is 817. The van der Waals surface area contributed by atoms with Crippen molar-refractivity contribution in [2.45, 2.75) is 6.92 Å². The van der Waals surface area contributed by atoms with E-state index in [1.165, 1.54) is 5.56 Å². The summed E-state index contributed by atoms with van der Waals surface area (Å²) in [4.78, 5) is 15.6. The van der Waals surface area contributed by atoms with Crippen LogP contribution >= 0.6 is 0 Å². The Morgan fingerprint density at radius 3 is 2.57 bits per heavy atom. The molecule has 3 rings (SSSR count). The molecule has 5 heteroatoms. The Balaban J connectivity index is 2.05. The first kappa shape index (κ1) is 14.8. The normalized spacial score (nSPS) is 12.7. The molecule has 1 aliphatic rings. The van der Waals surface area contributed by atoms with E-state index in [1.807, 2.05) is 13.0 Å². The van der Waals surface area contributed by atoms with Crippen LogP contribution in [0, 0.1) is 6.92 Å². The minimum atomic E-state index is -0.471. The molecule has 0 radical (unpaired) electrons. The van der Waals surface area contributed by atoms with Crippen LogP contribution < -0.4 is 16.2 Å². The zero-order valence-corrected chi connectivity index (χ0v) is 12.7. The number of nitrogens with two attached hydrogens (primary N) is 2. The zero-order chi connectivity index (χ0) is 16.4. The van der Waals surface area contributed by atoms with Gasteiger partial charge in [0.1, 0.15) is 12.4 Å². The summed E-state index contributed by atoms with van der Waals surface area (Å²) in [6.45, 7) is 2.54. The summed E-state index contributed by atoms with van der Waals surface area (Å²) in [5, 5.41) is 0. The number of aryl methyl sites for hydroxylation is 1. The third kappa shape index (κ3) is 3.08. The number of aliphatic imine (C=N–C) groups is 1. The molecule has 116 valence electrons. The Hall–Kier alpha value is -3.08. The molecular formula is C18H17N3O2. The van der Waals surface area contributed by atoms with Gasteiger partial charge in [-0.1, -0.05) is 29.8 Å². The summed E-state index contributed by atoms with van der Waals surface area (Å²) >= 11 is 0. The minimum Gasteiger partial charge on any atom is -0.489 e. The number of amides is 1. The first-order valence-corrected chi connectivity index (χ1v) is 7.23. The van der Waals surface area contributed by atoms with E-state index < -0.39 is 5.91 Å². The second-order valence-corrected chi connectivity index (χ2v) is 5.35. The van der Waals surface area contributed by atoms with E-state index in [2.05, 4.69) is 29.3 Å². The topological polar surface area (TPSA) is 90.7 Å². The second kappa shape index (κ2) is 5.96. The molecule has 0 aromatic heterocycles. The summed E-state index contributed by atoms with van der Waals surface area (Å²) < 4.78 is 5.64. The molecule has 0 saturated carbocycles. The predicted molar refractivity (Wildman–Crippen MR) is 90.3 cm³/mol. The highest BCUT2D eigenvalue weighted by Gasteiger charge is 2.18. The maximum absolute atomic E-state index is 12.0. The Kier molecular flexibility index (Phi) is 3.85. The molecule has 2 aromatic carbocycles. The van der Waals surface area contributed by atoms with Crippen LogP contribution in [0.1, 0.15) is 27.0 Å². The first-order valence-electron chi connectivity index (χ1n) is 7.23. The quantitative estimate of drug-likeness (QED) is 0.657. The summed E-state index contributed by atoms with van der Waals surface area (Å²) in [6.07, 6.45) is 2.00. The van der Waals surface area contributed by atoms with Gasteiger partial charge in [0.15, 0.2) is 5.96 Å². The monoisotopic (exact) mass is 307 g/mol. The van der Waals surface area contributed by atoms with Gasteiger partial charge in [-0.3, -0.25) is 4.79 Å². The number of guanidine groups is 1. The van der Waals surface area contributed by atoms with Crippen LogP contribution in [-0.4, -0.2) is 18.5 Å². The summed E-state index contributed by atoms with van der Waals surface area (Å²) in [5.74, 6) is 0.0178. The highest BCUT2D eigenvalue weighted by atomic mass is 16.5. The van der Waals surface area contributed by atoms with Gasteiger partial charge in [-0.15, -0.1) is 0 Å². The molecular weight excluding hydrogens is 290 g/mol. The predicted octanol–water partition coefficient (Wildman–Crippen LogP) is 2.23. The maximum Gasteiger partial charge on any atom is 0.280 e. The van der Waals surface area contributed by atoms with Gasteiger partial charge >= 0.3 is 0 Å². The Morgan fingerprint density at radius 1 is 1.13 bits per heavy atom. The minimum absolute atomic E-state index is 0.252. The van der Waals surface area contributed by atoms with E-state index in [0.29, 0.717) is 12.2 Å². The average molecular weight is 307 g/mol. The zero-order valence-electron chi connectivity index (χ0n) is 12.7. The molecule has 0 atom stereocenters. The number of rotatable bonds is 2. The first-order chi connectivity index (χ1) is 11.0. The van der Waals surface area contributed by atoms with Crippen molar-refractivity contribution in [3.8, 4) is 5.75 Å². The molecule has 0 bridgehead atoms. The van der Waals surface area contributed by atoms with Crippen LogP contribution in [0.15, 0.2) is 53.5 Å². The summed E-state index contributed by atoms with van der Waals surface area (Å²) in [7, 11) is 0. The van der Waals surface area contributed by atoms with E-state index in [0.717, 1.165) is 22.4 Å². The molecule has 5 nitrogen and oxygen atoms in total. The van der Waals surface area contributed by atoms with Gasteiger partial charge in [0, 0.05) is 11.1 Å². The number of hydrogen-bond acceptors (Lipinski definition) is 2. The lowest BCUT2D eigenvalue weighted by molar-refractivity contribution is 0.100. The van der Waals surface area contributed by atoms with E-state index in [1.54, 1.807) is 18.2 Å². The van der Waals surface area contributed by atoms with Gasteiger partial charge in [-0.2, -0.15) is 4.99 Å². The molecule has 1 heterocycles. The van der Waals surface area contributed by atoms with E-state index in [9.17, 15) is 4.79 Å². The van der Waals surface area contributed by atoms with Crippen LogP contribution in [0.2, 0.25) is 0 Å². The van der Waals surface area contributed by atoms with Gasteiger partial charge in [0.2, 0.25) is 0 Å². The highest BCUT2D eigenvalue weighted by molar-refractivity contribution is 6.03. The second-order valence-electron chi connectivity index (χ2n) is 5.35. The number of nitrogens with zero attached hydrogens (tertiary/aromatic N) is 1. The Morgan fingerprint density at radius 2 is 1.87 bits per heavy atom. The van der Waals surface area contributed by atoms with Crippen molar-refractivity contribution in [1.29, 1.82) is 0 Å². The van der Waals surface area contributed by atoms with Crippen LogP contribution in [0.5, 0.6) is 5.75 Å². The molecule has 23 heavy (non-hydrogen) atoms. The fraction of sp³-hybridized carbons (Fsp3) is 0.111. The third-order valence-corrected chi connectivity index (χ3v) is 3.64. The van der Waals surface area contributed by atoms with Crippen LogP contribution in [-0.2, 0) is 0 Å². The van der Waals surface area contributed by atoms with Gasteiger partial charge in [0.05, 0.1) is 0 Å². The lowest BCUT2D eigenvalue weighted by Gasteiger charge is -2.19. The van der Waals surface area contributed by atoms with Crippen molar-refractivity contribution in [1.82, 2.24) is 0 Å². The van der Waals surface area contributed by atoms with Gasteiger partial charge in [-0.25, -0.2) is 0 Å². The van der Waals surface area contributed by atoms with Crippen molar-refractivity contribution in [2.24, 2.45) is 16.5 Å². The average Bonchev–Trinajstić information content (AvgIpc) is 2.54. The molecule has 0 saturated heterocycles. The number of ether oxygens (including phenoxy) is 1. The van der Waals surface area contributed by atoms with Crippen molar-refractivity contribution in [3.63, 3.8) is 0 Å². The number of hydrogen-bond donors (Lipinski definition) is 2. The Labute approximate surface area is 134 Å². The number of benzene rings is 2. The number of fused-ring (bicyclic) bond motifs is 1. The van der Waals surface area contributed by atoms with E-state index in [4.69, 9.17) is 16.2 Å². The van der Waals surface area contributed by atoms with Crippen molar-refractivity contribution >= 4 is 17.4 Å². The van der Waals surface area contributed by atoms with Crippen molar-refractivity contribution in [2.75, 3.05) is 6.61 Å². The van der Waals surface area contributed by atoms with Gasteiger partial charge in [-0.05, 0) is 42.3 Å². The molecule has 4 N–H and O–H groups in total. The van der Waals surface area contributed by atoms with E-state index >= 15 is 0 Å². The number of carbonyl (C=O) groups is 1. The molecule has 0 aliphatic carbocycles. The van der Waals surface area contributed by atoms with Crippen LogP contribution in [0.4, 0.5) is 0 Å². The lowest BCUT2D eigenvalue weighted by Crippen LogP contribution is -2.24. The van der Waals surface area contributed by atoms with Crippen LogP contribution in [0.3, 0.4) is 0 Å². The number of carbonyl (C=O) groups excluding carboxylic acids is 1. The smallest absolute Gasteiger partial charge is 0.280 e. The molecule has 2 aromatic rings. The van der Waals surface area contributed by atoms with Crippen molar-refractivity contribution in [3.05, 3.63) is 70.8 Å². The van der Waals surface area contributed by atoms with Crippen molar-refractivity contribution < 1.29 is 9.53 Å².